The van der Waals surface area contributed by atoms with E-state index in [0.717, 1.165) is 6.54 Å². The first-order valence-electron chi connectivity index (χ1n) is 9.79. The maximum atomic E-state index is 5.55. The van der Waals surface area contributed by atoms with Crippen LogP contribution in [0.5, 0.6) is 0 Å². The van der Waals surface area contributed by atoms with Gasteiger partial charge in [-0.1, -0.05) is 19.7 Å². The average molecular weight is 404 g/mol. The smallest absolute Gasteiger partial charge is 0.209 e. The van der Waals surface area contributed by atoms with Gasteiger partial charge in [-0.15, -0.1) is 0 Å². The lowest BCUT2D eigenvalue weighted by Gasteiger charge is -2.30. The fraction of sp³-hybridized carbons (Fsp3) is 0.609. The minimum absolute atomic E-state index is 0.0382. The lowest BCUT2D eigenvalue weighted by atomic mass is 9.87. The molecule has 0 saturated heterocycles. The molecule has 29 heavy (non-hydrogen) atoms. The van der Waals surface area contributed by atoms with Gasteiger partial charge >= 0.3 is 0 Å². The molecule has 0 radical (unpaired) electrons. The number of ether oxygens (including phenoxy) is 3. The summed E-state index contributed by atoms with van der Waals surface area (Å²) in [5, 5.41) is 0. The molecule has 6 nitrogen and oxygen atoms in total. The van der Waals surface area contributed by atoms with E-state index < -0.39 is 0 Å². The SMILES string of the molecule is C=CC1=NC(C)(C)C(C)(C)O1.C=CC1=NC(C)(C)CO1.C=CC1=NCC(C)(C)O1. The molecule has 6 heteroatoms. The number of hydrogen-bond acceptors (Lipinski definition) is 6. The third-order valence-corrected chi connectivity index (χ3v) is 4.73. The van der Waals surface area contributed by atoms with Crippen LogP contribution in [0.4, 0.5) is 0 Å². The lowest BCUT2D eigenvalue weighted by Crippen LogP contribution is -2.41. The largest absolute Gasteiger partial charge is 0.475 e. The van der Waals surface area contributed by atoms with Crippen molar-refractivity contribution in [1.82, 2.24) is 0 Å². The summed E-state index contributed by atoms with van der Waals surface area (Å²) in [6.45, 7) is 28.4. The van der Waals surface area contributed by atoms with Crippen LogP contribution < -0.4 is 0 Å². The summed E-state index contributed by atoms with van der Waals surface area (Å²) in [4.78, 5) is 12.7. The molecule has 0 fully saturated rings. The molecule has 0 atom stereocenters. The standard InChI is InChI=1S/C9H15NO.2C7H11NO/c1-6-7-10-8(2,3)9(4,5)11-7;1-4-6-8-7(2,3)5-9-6;1-4-6-8-5-7(2,3)9-6/h6H,1H2,2-5H3;2*4H,1,5H2,2-3H3. The molecule has 3 aliphatic rings. The Morgan fingerprint density at radius 3 is 1.52 bits per heavy atom. The Kier molecular flexibility index (Phi) is 7.63. The highest BCUT2D eigenvalue weighted by Gasteiger charge is 2.44. The fourth-order valence-electron chi connectivity index (χ4n) is 2.35. The molecule has 0 spiro atoms. The van der Waals surface area contributed by atoms with Crippen molar-refractivity contribution in [2.24, 2.45) is 15.0 Å². The van der Waals surface area contributed by atoms with Crippen LogP contribution in [0.25, 0.3) is 0 Å². The van der Waals surface area contributed by atoms with Gasteiger partial charge < -0.3 is 14.2 Å². The average Bonchev–Trinajstić information content (AvgIpc) is 3.21. The molecule has 0 saturated carbocycles. The fourth-order valence-corrected chi connectivity index (χ4v) is 2.35. The summed E-state index contributed by atoms with van der Waals surface area (Å²) < 4.78 is 16.0. The molecule has 0 aliphatic carbocycles. The lowest BCUT2D eigenvalue weighted by molar-refractivity contribution is 0.0624. The van der Waals surface area contributed by atoms with Gasteiger partial charge in [-0.25, -0.2) is 15.0 Å². The molecule has 3 rings (SSSR count). The van der Waals surface area contributed by atoms with Gasteiger partial charge in [-0.05, 0) is 73.6 Å². The van der Waals surface area contributed by atoms with E-state index in [1.54, 1.807) is 18.2 Å². The third kappa shape index (κ3) is 7.18. The van der Waals surface area contributed by atoms with Crippen molar-refractivity contribution in [3.05, 3.63) is 38.0 Å². The highest BCUT2D eigenvalue weighted by Crippen LogP contribution is 2.34. The maximum Gasteiger partial charge on any atom is 0.209 e. The predicted molar refractivity (Wildman–Crippen MR) is 122 cm³/mol. The quantitative estimate of drug-likeness (QED) is 0.672. The van der Waals surface area contributed by atoms with E-state index in [-0.39, 0.29) is 22.3 Å². The van der Waals surface area contributed by atoms with Crippen molar-refractivity contribution in [1.29, 1.82) is 0 Å². The van der Waals surface area contributed by atoms with E-state index >= 15 is 0 Å². The van der Waals surface area contributed by atoms with Crippen LogP contribution in [-0.4, -0.2) is 53.1 Å². The summed E-state index contributed by atoms with van der Waals surface area (Å²) in [5.41, 5.74) is -0.500. The van der Waals surface area contributed by atoms with E-state index in [1.165, 1.54) is 0 Å². The van der Waals surface area contributed by atoms with Crippen LogP contribution >= 0.6 is 0 Å². The number of hydrogen-bond donors (Lipinski definition) is 0. The summed E-state index contributed by atoms with van der Waals surface area (Å²) in [6.07, 6.45) is 4.92. The summed E-state index contributed by atoms with van der Waals surface area (Å²) >= 11 is 0. The Morgan fingerprint density at radius 1 is 0.759 bits per heavy atom. The molecule has 3 heterocycles. The van der Waals surface area contributed by atoms with Crippen LogP contribution in [0.1, 0.15) is 55.4 Å². The first kappa shape index (κ1) is 24.7. The van der Waals surface area contributed by atoms with Gasteiger partial charge in [0.05, 0.1) is 17.6 Å². The Hall–Kier alpha value is -2.37. The van der Waals surface area contributed by atoms with Crippen molar-refractivity contribution in [2.75, 3.05) is 13.2 Å². The molecule has 0 amide bonds. The zero-order valence-electron chi connectivity index (χ0n) is 19.3. The third-order valence-electron chi connectivity index (χ3n) is 4.73. The highest BCUT2D eigenvalue weighted by molar-refractivity contribution is 5.89. The predicted octanol–water partition coefficient (Wildman–Crippen LogP) is 4.92. The van der Waals surface area contributed by atoms with Crippen molar-refractivity contribution >= 4 is 17.7 Å². The Morgan fingerprint density at radius 2 is 1.31 bits per heavy atom. The molecule has 162 valence electrons. The molecule has 0 aromatic heterocycles. The van der Waals surface area contributed by atoms with Gasteiger partial charge in [-0.3, -0.25) is 0 Å². The minimum atomic E-state index is -0.212. The van der Waals surface area contributed by atoms with Crippen LogP contribution in [0.15, 0.2) is 52.9 Å². The summed E-state index contributed by atoms with van der Waals surface area (Å²) in [6, 6.07) is 0. The van der Waals surface area contributed by atoms with Crippen LogP contribution in [-0.2, 0) is 14.2 Å². The zero-order valence-corrected chi connectivity index (χ0v) is 19.3. The van der Waals surface area contributed by atoms with Gasteiger partial charge in [0.15, 0.2) is 0 Å². The molecular weight excluding hydrogens is 366 g/mol. The van der Waals surface area contributed by atoms with E-state index in [4.69, 9.17) is 14.2 Å². The Balaban J connectivity index is 0.000000219. The van der Waals surface area contributed by atoms with Crippen molar-refractivity contribution < 1.29 is 14.2 Å². The molecule has 0 aromatic rings. The zero-order chi connectivity index (χ0) is 22.5. The first-order chi connectivity index (χ1) is 13.2. The number of rotatable bonds is 3. The van der Waals surface area contributed by atoms with Gasteiger partial charge in [-0.2, -0.15) is 0 Å². The molecular formula is C23H37N3O3. The Bertz CT molecular complexity index is 726. The van der Waals surface area contributed by atoms with E-state index in [1.807, 2.05) is 41.5 Å². The van der Waals surface area contributed by atoms with Crippen molar-refractivity contribution in [3.63, 3.8) is 0 Å². The molecule has 0 N–H and O–H groups in total. The van der Waals surface area contributed by atoms with Gasteiger partial charge in [0.2, 0.25) is 17.7 Å². The Labute approximate surface area is 176 Å². The van der Waals surface area contributed by atoms with Gasteiger partial charge in [0, 0.05) is 0 Å². The van der Waals surface area contributed by atoms with E-state index in [9.17, 15) is 0 Å². The monoisotopic (exact) mass is 403 g/mol. The van der Waals surface area contributed by atoms with E-state index in [0.29, 0.717) is 24.3 Å². The molecule has 3 aliphatic heterocycles. The summed E-state index contributed by atoms with van der Waals surface area (Å²) in [5.74, 6) is 1.99. The molecule has 0 aromatic carbocycles. The van der Waals surface area contributed by atoms with Crippen molar-refractivity contribution in [2.45, 2.75) is 77.7 Å². The normalized spacial score (nSPS) is 23.8. The van der Waals surface area contributed by atoms with Crippen molar-refractivity contribution in [3.8, 4) is 0 Å². The second-order valence-electron chi connectivity index (χ2n) is 9.30. The van der Waals surface area contributed by atoms with Crippen LogP contribution in [0.2, 0.25) is 0 Å². The summed E-state index contributed by atoms with van der Waals surface area (Å²) in [7, 11) is 0. The first-order valence-corrected chi connectivity index (χ1v) is 9.79. The van der Waals surface area contributed by atoms with Crippen LogP contribution in [0, 0.1) is 0 Å². The second kappa shape index (κ2) is 8.97. The topological polar surface area (TPSA) is 64.8 Å². The molecule has 0 unspecified atom stereocenters. The van der Waals surface area contributed by atoms with Crippen LogP contribution in [0.3, 0.4) is 0 Å². The highest BCUT2D eigenvalue weighted by atomic mass is 16.5. The minimum Gasteiger partial charge on any atom is -0.475 e. The maximum absolute atomic E-state index is 5.55. The van der Waals surface area contributed by atoms with Gasteiger partial charge in [0.25, 0.3) is 0 Å². The van der Waals surface area contributed by atoms with E-state index in [2.05, 4.69) is 48.6 Å². The number of aliphatic imine (C=N–C) groups is 3. The second-order valence-corrected chi connectivity index (χ2v) is 9.30. The number of nitrogens with zero attached hydrogens (tertiary/aromatic N) is 3. The molecule has 0 bridgehead atoms. The van der Waals surface area contributed by atoms with Gasteiger partial charge in [0.1, 0.15) is 17.8 Å².